The number of aromatic nitrogens is 2. The van der Waals surface area contributed by atoms with Gasteiger partial charge in [0.05, 0.1) is 19.8 Å². The quantitative estimate of drug-likeness (QED) is 0.748. The number of ether oxygens (including phenoxy) is 1. The summed E-state index contributed by atoms with van der Waals surface area (Å²) in [7, 11) is 3.94. The van der Waals surface area contributed by atoms with E-state index < -0.39 is 0 Å². The minimum Gasteiger partial charge on any atom is -0.378 e. The molecule has 1 aromatic heterocycles. The highest BCUT2D eigenvalue weighted by Gasteiger charge is 2.21. The Morgan fingerprint density at radius 2 is 2.40 bits per heavy atom. The molecule has 1 aromatic rings. The predicted molar refractivity (Wildman–Crippen MR) is 53.3 cm³/mol. The first kappa shape index (κ1) is 10.5. The summed E-state index contributed by atoms with van der Waals surface area (Å²) in [5, 5.41) is 7.18. The van der Waals surface area contributed by atoms with Crippen molar-refractivity contribution in [2.75, 3.05) is 33.9 Å². The molecule has 0 aliphatic carbocycles. The van der Waals surface area contributed by atoms with Gasteiger partial charge in [-0.2, -0.15) is 4.98 Å². The molecule has 1 fully saturated rings. The molecule has 15 heavy (non-hydrogen) atoms. The zero-order valence-electron chi connectivity index (χ0n) is 9.06. The molecule has 2 rings (SSSR count). The van der Waals surface area contributed by atoms with E-state index in [0.29, 0.717) is 24.9 Å². The lowest BCUT2D eigenvalue weighted by atomic mass is 10.3. The molecule has 84 valence electrons. The van der Waals surface area contributed by atoms with Gasteiger partial charge in [0.25, 0.3) is 0 Å². The van der Waals surface area contributed by atoms with E-state index in [2.05, 4.69) is 15.5 Å². The first-order valence-corrected chi connectivity index (χ1v) is 5.04. The van der Waals surface area contributed by atoms with E-state index in [0.717, 1.165) is 13.2 Å². The van der Waals surface area contributed by atoms with Gasteiger partial charge in [-0.3, -0.25) is 0 Å². The van der Waals surface area contributed by atoms with Gasteiger partial charge in [-0.05, 0) is 14.1 Å². The molecule has 0 radical (unpaired) electrons. The Labute approximate surface area is 88.6 Å². The van der Waals surface area contributed by atoms with Crippen LogP contribution in [-0.2, 0) is 11.3 Å². The normalized spacial score (nSPS) is 22.2. The van der Waals surface area contributed by atoms with E-state index in [4.69, 9.17) is 9.26 Å². The molecule has 1 unspecified atom stereocenters. The van der Waals surface area contributed by atoms with Crippen molar-refractivity contribution >= 4 is 0 Å². The first-order chi connectivity index (χ1) is 7.25. The van der Waals surface area contributed by atoms with E-state index in [1.165, 1.54) is 0 Å². The number of nitrogens with zero attached hydrogens (tertiary/aromatic N) is 3. The minimum atomic E-state index is 0.0437. The SMILES string of the molecule is CN(C)Cc1noc(C2COCCN2)n1. The number of hydrogen-bond acceptors (Lipinski definition) is 6. The van der Waals surface area contributed by atoms with Crippen molar-refractivity contribution in [3.63, 3.8) is 0 Å². The molecule has 1 aliphatic heterocycles. The molecule has 0 saturated carbocycles. The van der Waals surface area contributed by atoms with Gasteiger partial charge in [0.1, 0.15) is 6.04 Å². The van der Waals surface area contributed by atoms with Gasteiger partial charge in [-0.25, -0.2) is 0 Å². The van der Waals surface area contributed by atoms with Gasteiger partial charge < -0.3 is 19.5 Å². The Hall–Kier alpha value is -0.980. The third-order valence-electron chi connectivity index (χ3n) is 2.16. The summed E-state index contributed by atoms with van der Waals surface area (Å²) in [5.74, 6) is 1.33. The second-order valence-electron chi connectivity index (χ2n) is 3.87. The van der Waals surface area contributed by atoms with E-state index in [9.17, 15) is 0 Å². The van der Waals surface area contributed by atoms with Crippen LogP contribution in [0.15, 0.2) is 4.52 Å². The molecule has 1 saturated heterocycles. The van der Waals surface area contributed by atoms with Gasteiger partial charge in [-0.15, -0.1) is 0 Å². The summed E-state index contributed by atoms with van der Waals surface area (Å²) in [6, 6.07) is 0.0437. The standard InChI is InChI=1S/C9H16N4O2/c1-13(2)5-8-11-9(15-12-8)7-6-14-4-3-10-7/h7,10H,3-6H2,1-2H3. The monoisotopic (exact) mass is 212 g/mol. The van der Waals surface area contributed by atoms with Crippen LogP contribution < -0.4 is 5.32 Å². The van der Waals surface area contributed by atoms with Crippen molar-refractivity contribution in [1.82, 2.24) is 20.4 Å². The van der Waals surface area contributed by atoms with Gasteiger partial charge in [0.15, 0.2) is 5.82 Å². The summed E-state index contributed by atoms with van der Waals surface area (Å²) in [4.78, 5) is 6.31. The van der Waals surface area contributed by atoms with E-state index in [1.807, 2.05) is 19.0 Å². The minimum absolute atomic E-state index is 0.0437. The highest BCUT2D eigenvalue weighted by Crippen LogP contribution is 2.13. The van der Waals surface area contributed by atoms with Gasteiger partial charge in [0, 0.05) is 6.54 Å². The molecule has 0 amide bonds. The van der Waals surface area contributed by atoms with Gasteiger partial charge >= 0.3 is 0 Å². The zero-order valence-corrected chi connectivity index (χ0v) is 9.06. The average Bonchev–Trinajstić information content (AvgIpc) is 2.67. The Bertz CT molecular complexity index is 307. The third-order valence-corrected chi connectivity index (χ3v) is 2.16. The summed E-state index contributed by atoms with van der Waals surface area (Å²) >= 11 is 0. The molecule has 0 spiro atoms. The topological polar surface area (TPSA) is 63.4 Å². The Morgan fingerprint density at radius 1 is 1.53 bits per heavy atom. The molecular weight excluding hydrogens is 196 g/mol. The van der Waals surface area contributed by atoms with E-state index in [1.54, 1.807) is 0 Å². The molecule has 0 bridgehead atoms. The number of morpholine rings is 1. The molecular formula is C9H16N4O2. The molecule has 2 heterocycles. The second-order valence-corrected chi connectivity index (χ2v) is 3.87. The van der Waals surface area contributed by atoms with Crippen molar-refractivity contribution in [2.24, 2.45) is 0 Å². The Kier molecular flexibility index (Phi) is 3.30. The first-order valence-electron chi connectivity index (χ1n) is 5.04. The number of hydrogen-bond donors (Lipinski definition) is 1. The molecule has 0 aromatic carbocycles. The number of nitrogens with one attached hydrogen (secondary N) is 1. The van der Waals surface area contributed by atoms with Crippen molar-refractivity contribution in [1.29, 1.82) is 0 Å². The number of rotatable bonds is 3. The van der Waals surface area contributed by atoms with Crippen LogP contribution in [-0.4, -0.2) is 48.9 Å². The predicted octanol–water partition coefficient (Wildman–Crippen LogP) is -0.208. The van der Waals surface area contributed by atoms with Crippen LogP contribution in [0.1, 0.15) is 17.8 Å². The van der Waals surface area contributed by atoms with Crippen LogP contribution in [0.2, 0.25) is 0 Å². The van der Waals surface area contributed by atoms with Gasteiger partial charge in [0.2, 0.25) is 5.89 Å². The maximum atomic E-state index is 5.33. The van der Waals surface area contributed by atoms with Crippen LogP contribution in [0.4, 0.5) is 0 Å². The van der Waals surface area contributed by atoms with Crippen molar-refractivity contribution in [2.45, 2.75) is 12.6 Å². The van der Waals surface area contributed by atoms with Crippen LogP contribution in [0, 0.1) is 0 Å². The highest BCUT2D eigenvalue weighted by molar-refractivity contribution is 4.93. The van der Waals surface area contributed by atoms with Crippen molar-refractivity contribution in [3.05, 3.63) is 11.7 Å². The van der Waals surface area contributed by atoms with Crippen LogP contribution in [0.5, 0.6) is 0 Å². The fourth-order valence-electron chi connectivity index (χ4n) is 1.48. The summed E-state index contributed by atoms with van der Waals surface area (Å²) < 4.78 is 10.5. The van der Waals surface area contributed by atoms with E-state index in [-0.39, 0.29) is 6.04 Å². The molecule has 1 atom stereocenters. The summed E-state index contributed by atoms with van der Waals surface area (Å²) in [5.41, 5.74) is 0. The lowest BCUT2D eigenvalue weighted by molar-refractivity contribution is 0.0659. The summed E-state index contributed by atoms with van der Waals surface area (Å²) in [6.07, 6.45) is 0. The molecule has 6 nitrogen and oxygen atoms in total. The van der Waals surface area contributed by atoms with Crippen molar-refractivity contribution in [3.8, 4) is 0 Å². The average molecular weight is 212 g/mol. The Balaban J connectivity index is 1.99. The highest BCUT2D eigenvalue weighted by atomic mass is 16.5. The lowest BCUT2D eigenvalue weighted by Crippen LogP contribution is -2.34. The molecule has 1 aliphatic rings. The molecule has 1 N–H and O–H groups in total. The van der Waals surface area contributed by atoms with Gasteiger partial charge in [-0.1, -0.05) is 5.16 Å². The maximum Gasteiger partial charge on any atom is 0.246 e. The second kappa shape index (κ2) is 4.69. The fourth-order valence-corrected chi connectivity index (χ4v) is 1.48. The zero-order chi connectivity index (χ0) is 10.7. The molecule has 6 heteroatoms. The third kappa shape index (κ3) is 2.74. The fraction of sp³-hybridized carbons (Fsp3) is 0.778. The lowest BCUT2D eigenvalue weighted by Gasteiger charge is -2.20. The smallest absolute Gasteiger partial charge is 0.246 e. The van der Waals surface area contributed by atoms with Crippen molar-refractivity contribution < 1.29 is 9.26 Å². The van der Waals surface area contributed by atoms with Crippen LogP contribution >= 0.6 is 0 Å². The van der Waals surface area contributed by atoms with Crippen LogP contribution in [0.3, 0.4) is 0 Å². The largest absolute Gasteiger partial charge is 0.378 e. The Morgan fingerprint density at radius 3 is 3.07 bits per heavy atom. The van der Waals surface area contributed by atoms with Crippen LogP contribution in [0.25, 0.3) is 0 Å². The van der Waals surface area contributed by atoms with E-state index >= 15 is 0 Å². The maximum absolute atomic E-state index is 5.33. The summed E-state index contributed by atoms with van der Waals surface area (Å²) in [6.45, 7) is 2.87.